The van der Waals surface area contributed by atoms with E-state index in [0.29, 0.717) is 6.54 Å². The van der Waals surface area contributed by atoms with E-state index in [-0.39, 0.29) is 23.1 Å². The fraction of sp³-hybridized carbons (Fsp3) is 0.333. The maximum absolute atomic E-state index is 13.5. The van der Waals surface area contributed by atoms with Crippen LogP contribution in [0.25, 0.3) is 22.3 Å². The molecule has 5 N–H and O–H groups in total. The average Bonchev–Trinajstić information content (AvgIpc) is 2.78. The number of benzene rings is 3. The standard InChI is InChI=1S/C27H33F2N3/c1-27(2,18-32-17-26(31)4-3-13-30)23-15-21(19-5-9-24(28)10-6-19)14-22(16-23)20-7-11-25(29)12-8-20/h5-12,14-16,26,32H,3-4,13,17-18,30-31H2,1-2H3. The summed E-state index contributed by atoms with van der Waals surface area (Å²) in [5.41, 5.74) is 16.6. The van der Waals surface area contributed by atoms with E-state index in [1.807, 2.05) is 0 Å². The molecule has 3 rings (SSSR count). The normalized spacial score (nSPS) is 12.7. The molecule has 0 heterocycles. The number of nitrogens with two attached hydrogens (primary N) is 2. The molecule has 3 aromatic rings. The lowest BCUT2D eigenvalue weighted by molar-refractivity contribution is 0.443. The lowest BCUT2D eigenvalue weighted by atomic mass is 9.81. The van der Waals surface area contributed by atoms with Crippen molar-refractivity contribution in [1.82, 2.24) is 5.32 Å². The minimum atomic E-state index is -0.265. The molecule has 0 amide bonds. The molecular weight excluding hydrogens is 404 g/mol. The summed E-state index contributed by atoms with van der Waals surface area (Å²) in [6.45, 7) is 6.50. The van der Waals surface area contributed by atoms with E-state index in [4.69, 9.17) is 11.5 Å². The van der Waals surface area contributed by atoms with Crippen molar-refractivity contribution in [2.45, 2.75) is 38.1 Å². The number of hydrogen-bond donors (Lipinski definition) is 3. The minimum absolute atomic E-state index is 0.0784. The van der Waals surface area contributed by atoms with Crippen LogP contribution >= 0.6 is 0 Å². The van der Waals surface area contributed by atoms with Crippen LogP contribution in [-0.4, -0.2) is 25.7 Å². The Hall–Kier alpha value is -2.60. The van der Waals surface area contributed by atoms with Gasteiger partial charge in [0.2, 0.25) is 0 Å². The summed E-state index contributed by atoms with van der Waals surface area (Å²) < 4.78 is 26.9. The van der Waals surface area contributed by atoms with E-state index in [0.717, 1.165) is 53.7 Å². The molecule has 1 unspecified atom stereocenters. The van der Waals surface area contributed by atoms with Gasteiger partial charge in [0.1, 0.15) is 11.6 Å². The molecule has 3 nitrogen and oxygen atoms in total. The molecule has 0 spiro atoms. The zero-order valence-electron chi connectivity index (χ0n) is 18.9. The monoisotopic (exact) mass is 437 g/mol. The van der Waals surface area contributed by atoms with Crippen molar-refractivity contribution in [1.29, 1.82) is 0 Å². The summed E-state index contributed by atoms with van der Waals surface area (Å²) in [4.78, 5) is 0. The van der Waals surface area contributed by atoms with Gasteiger partial charge < -0.3 is 16.8 Å². The predicted octanol–water partition coefficient (Wildman–Crippen LogP) is 5.23. The van der Waals surface area contributed by atoms with Gasteiger partial charge in [-0.15, -0.1) is 0 Å². The van der Waals surface area contributed by atoms with Gasteiger partial charge in [-0.1, -0.05) is 50.2 Å². The number of nitrogens with one attached hydrogen (secondary N) is 1. The van der Waals surface area contributed by atoms with Gasteiger partial charge in [0.05, 0.1) is 0 Å². The van der Waals surface area contributed by atoms with E-state index < -0.39 is 0 Å². The first-order chi connectivity index (χ1) is 15.3. The molecule has 0 saturated carbocycles. The second-order valence-electron chi connectivity index (χ2n) is 9.02. The molecule has 0 aliphatic heterocycles. The van der Waals surface area contributed by atoms with Crippen molar-refractivity contribution in [2.24, 2.45) is 11.5 Å². The molecule has 32 heavy (non-hydrogen) atoms. The third kappa shape index (κ3) is 6.45. The fourth-order valence-corrected chi connectivity index (χ4v) is 3.79. The number of rotatable bonds is 10. The van der Waals surface area contributed by atoms with Crippen LogP contribution in [0, 0.1) is 11.6 Å². The van der Waals surface area contributed by atoms with Crippen molar-refractivity contribution in [3.8, 4) is 22.3 Å². The quantitative estimate of drug-likeness (QED) is 0.407. The van der Waals surface area contributed by atoms with E-state index >= 15 is 0 Å². The molecule has 0 bridgehead atoms. The van der Waals surface area contributed by atoms with E-state index in [9.17, 15) is 8.78 Å². The Bertz CT molecular complexity index is 935. The molecule has 1 atom stereocenters. The highest BCUT2D eigenvalue weighted by Gasteiger charge is 2.22. The maximum atomic E-state index is 13.5. The van der Waals surface area contributed by atoms with Crippen LogP contribution in [0.15, 0.2) is 66.7 Å². The first kappa shape index (κ1) is 24.1. The second kappa shape index (κ2) is 10.8. The van der Waals surface area contributed by atoms with Crippen LogP contribution < -0.4 is 16.8 Å². The molecule has 0 aliphatic rings. The Morgan fingerprint density at radius 1 is 0.812 bits per heavy atom. The van der Waals surface area contributed by atoms with Gasteiger partial charge in [-0.2, -0.15) is 0 Å². The Labute approximate surface area is 189 Å². The summed E-state index contributed by atoms with van der Waals surface area (Å²) in [6.07, 6.45) is 1.83. The molecule has 0 aromatic heterocycles. The van der Waals surface area contributed by atoms with Gasteiger partial charge in [0.15, 0.2) is 0 Å². The summed E-state index contributed by atoms with van der Waals surface area (Å²) in [5.74, 6) is -0.529. The highest BCUT2D eigenvalue weighted by Crippen LogP contribution is 2.33. The van der Waals surface area contributed by atoms with E-state index in [1.165, 1.54) is 24.3 Å². The third-order valence-corrected chi connectivity index (χ3v) is 5.82. The van der Waals surface area contributed by atoms with Crippen LogP contribution in [0.2, 0.25) is 0 Å². The van der Waals surface area contributed by atoms with Crippen molar-refractivity contribution < 1.29 is 8.78 Å². The zero-order chi connectivity index (χ0) is 23.1. The Morgan fingerprint density at radius 3 is 1.78 bits per heavy atom. The summed E-state index contributed by atoms with van der Waals surface area (Å²) in [6, 6.07) is 19.4. The van der Waals surface area contributed by atoms with Gasteiger partial charge in [0.25, 0.3) is 0 Å². The Balaban J connectivity index is 1.91. The van der Waals surface area contributed by atoms with Crippen LogP contribution in [0.1, 0.15) is 32.3 Å². The van der Waals surface area contributed by atoms with E-state index in [1.54, 1.807) is 24.3 Å². The molecule has 0 fully saturated rings. The smallest absolute Gasteiger partial charge is 0.123 e. The molecule has 5 heteroatoms. The Morgan fingerprint density at radius 2 is 1.31 bits per heavy atom. The maximum Gasteiger partial charge on any atom is 0.123 e. The lowest BCUT2D eigenvalue weighted by Gasteiger charge is -2.28. The average molecular weight is 438 g/mol. The van der Waals surface area contributed by atoms with Gasteiger partial charge in [-0.3, -0.25) is 0 Å². The topological polar surface area (TPSA) is 64.1 Å². The van der Waals surface area contributed by atoms with Crippen molar-refractivity contribution >= 4 is 0 Å². The van der Waals surface area contributed by atoms with Crippen molar-refractivity contribution in [3.05, 3.63) is 83.9 Å². The highest BCUT2D eigenvalue weighted by molar-refractivity contribution is 5.74. The van der Waals surface area contributed by atoms with Crippen molar-refractivity contribution in [3.63, 3.8) is 0 Å². The van der Waals surface area contributed by atoms with Gasteiger partial charge in [-0.25, -0.2) is 8.78 Å². The molecule has 170 valence electrons. The second-order valence-corrected chi connectivity index (χ2v) is 9.02. The lowest BCUT2D eigenvalue weighted by Crippen LogP contribution is -2.40. The van der Waals surface area contributed by atoms with Crippen LogP contribution in [-0.2, 0) is 5.41 Å². The fourth-order valence-electron chi connectivity index (χ4n) is 3.79. The Kier molecular flexibility index (Phi) is 8.13. The van der Waals surface area contributed by atoms with Crippen LogP contribution in [0.3, 0.4) is 0 Å². The number of halogens is 2. The van der Waals surface area contributed by atoms with Gasteiger partial charge in [-0.05, 0) is 77.5 Å². The largest absolute Gasteiger partial charge is 0.330 e. The summed E-state index contributed by atoms with van der Waals surface area (Å²) in [5, 5.41) is 3.50. The number of hydrogen-bond acceptors (Lipinski definition) is 3. The molecule has 3 aromatic carbocycles. The predicted molar refractivity (Wildman–Crippen MR) is 129 cm³/mol. The first-order valence-electron chi connectivity index (χ1n) is 11.1. The van der Waals surface area contributed by atoms with Crippen LogP contribution in [0.5, 0.6) is 0 Å². The highest BCUT2D eigenvalue weighted by atomic mass is 19.1. The van der Waals surface area contributed by atoms with Crippen LogP contribution in [0.4, 0.5) is 8.78 Å². The molecular formula is C27H33F2N3. The first-order valence-corrected chi connectivity index (χ1v) is 11.1. The van der Waals surface area contributed by atoms with E-state index in [2.05, 4.69) is 37.4 Å². The summed E-state index contributed by atoms with van der Waals surface area (Å²) in [7, 11) is 0. The minimum Gasteiger partial charge on any atom is -0.330 e. The molecule has 0 aliphatic carbocycles. The summed E-state index contributed by atoms with van der Waals surface area (Å²) >= 11 is 0. The molecule has 0 radical (unpaired) electrons. The van der Waals surface area contributed by atoms with Crippen molar-refractivity contribution in [2.75, 3.05) is 19.6 Å². The molecule has 0 saturated heterocycles. The van der Waals surface area contributed by atoms with Gasteiger partial charge >= 0.3 is 0 Å². The SMILES string of the molecule is CC(C)(CNCC(N)CCCN)c1cc(-c2ccc(F)cc2)cc(-c2ccc(F)cc2)c1. The third-order valence-electron chi connectivity index (χ3n) is 5.82. The van der Waals surface area contributed by atoms with Gasteiger partial charge in [0, 0.05) is 24.5 Å². The zero-order valence-corrected chi connectivity index (χ0v) is 18.9.